The first-order chi connectivity index (χ1) is 33.2. The zero-order valence-electron chi connectivity index (χ0n) is 36.3. The molecule has 10 aromatic carbocycles. The van der Waals surface area contributed by atoms with E-state index in [9.17, 15) is 0 Å². The molecule has 0 amide bonds. The van der Waals surface area contributed by atoms with Gasteiger partial charge >= 0.3 is 0 Å². The third kappa shape index (κ3) is 5.75. The molecular formula is C62H39N5. The van der Waals surface area contributed by atoms with Crippen LogP contribution in [-0.2, 0) is 0 Å². The predicted molar refractivity (Wildman–Crippen MR) is 279 cm³/mol. The molecular weight excluding hydrogens is 815 g/mol. The lowest BCUT2D eigenvalue weighted by Gasteiger charge is -2.12. The van der Waals surface area contributed by atoms with Crippen LogP contribution < -0.4 is 0 Å². The molecule has 0 aliphatic rings. The molecule has 0 saturated carbocycles. The van der Waals surface area contributed by atoms with Crippen molar-refractivity contribution in [2.24, 2.45) is 0 Å². The SMILES string of the molecule is c1ccc(-c2nc(-c3ccc(-n4c5ccc(-c6ccc7c(c6)c6ccccc6n7-c6ccccc6)cc5c5c4ccc4c6ccccc6n(-c6ccccc6)c45)cc3)nc3ccccc23)cc1. The number of benzene rings is 10. The molecule has 0 atom stereocenters. The lowest BCUT2D eigenvalue weighted by molar-refractivity contribution is 1.17. The molecule has 0 aliphatic carbocycles. The number of para-hydroxylation sites is 5. The zero-order chi connectivity index (χ0) is 44.0. The molecule has 312 valence electrons. The van der Waals surface area contributed by atoms with Crippen molar-refractivity contribution in [1.29, 1.82) is 0 Å². The molecule has 5 nitrogen and oxygen atoms in total. The van der Waals surface area contributed by atoms with Crippen LogP contribution >= 0.6 is 0 Å². The first-order valence-electron chi connectivity index (χ1n) is 22.8. The maximum atomic E-state index is 5.20. The highest BCUT2D eigenvalue weighted by Gasteiger charge is 2.22. The standard InChI is InChI=1S/C62H39N5/c1-4-16-40(17-5-1)60-50-24-10-13-25-53(50)63-62(64-60)41-28-32-46(33-29-41)66-57-36-31-43(42-30-35-56-51(38-42)48-23-12-14-26-54(48)65(56)44-18-6-2-7-19-44)39-52(57)59-58(66)37-34-49-47-22-11-15-27-55(47)67(61(49)59)45-20-8-3-9-21-45/h1-39H. The van der Waals surface area contributed by atoms with Crippen molar-refractivity contribution in [2.75, 3.05) is 0 Å². The molecule has 0 radical (unpaired) electrons. The minimum atomic E-state index is 0.703. The summed E-state index contributed by atoms with van der Waals surface area (Å²) in [5.41, 5.74) is 16.6. The first kappa shape index (κ1) is 37.3. The predicted octanol–water partition coefficient (Wildman–Crippen LogP) is 15.9. The second-order valence-corrected chi connectivity index (χ2v) is 17.4. The summed E-state index contributed by atoms with van der Waals surface area (Å²) in [6, 6.07) is 85.1. The van der Waals surface area contributed by atoms with Crippen LogP contribution in [0.15, 0.2) is 237 Å². The second kappa shape index (κ2) is 14.7. The minimum absolute atomic E-state index is 0.703. The minimum Gasteiger partial charge on any atom is -0.309 e. The first-order valence-corrected chi connectivity index (χ1v) is 22.8. The molecule has 5 heteroatoms. The van der Waals surface area contributed by atoms with E-state index in [1.54, 1.807) is 0 Å². The van der Waals surface area contributed by atoms with Gasteiger partial charge in [0.05, 0.1) is 44.3 Å². The average molecular weight is 854 g/mol. The van der Waals surface area contributed by atoms with Crippen molar-refractivity contribution in [1.82, 2.24) is 23.7 Å². The normalized spacial score (nSPS) is 11.9. The van der Waals surface area contributed by atoms with E-state index in [-0.39, 0.29) is 0 Å². The molecule has 0 saturated heterocycles. The van der Waals surface area contributed by atoms with E-state index in [0.29, 0.717) is 5.82 Å². The Kier molecular flexibility index (Phi) is 8.21. The van der Waals surface area contributed by atoms with Crippen LogP contribution in [0, 0.1) is 0 Å². The van der Waals surface area contributed by atoms with E-state index in [1.807, 2.05) is 12.1 Å². The molecule has 0 N–H and O–H groups in total. The van der Waals surface area contributed by atoms with Crippen molar-refractivity contribution in [3.05, 3.63) is 237 Å². The fraction of sp³-hybridized carbons (Fsp3) is 0. The van der Waals surface area contributed by atoms with Gasteiger partial charge in [-0.1, -0.05) is 140 Å². The Morgan fingerprint density at radius 1 is 0.269 bits per heavy atom. The van der Waals surface area contributed by atoms with Gasteiger partial charge in [0.1, 0.15) is 0 Å². The molecule has 0 bridgehead atoms. The Balaban J connectivity index is 1.00. The van der Waals surface area contributed by atoms with E-state index in [1.165, 1.54) is 65.5 Å². The molecule has 0 spiro atoms. The summed E-state index contributed by atoms with van der Waals surface area (Å²) >= 11 is 0. The highest BCUT2D eigenvalue weighted by molar-refractivity contribution is 6.26. The third-order valence-electron chi connectivity index (χ3n) is 13.6. The number of hydrogen-bond acceptors (Lipinski definition) is 2. The molecule has 67 heavy (non-hydrogen) atoms. The van der Waals surface area contributed by atoms with Gasteiger partial charge in [0.2, 0.25) is 0 Å². The van der Waals surface area contributed by atoms with Crippen LogP contribution in [0.4, 0.5) is 0 Å². The Morgan fingerprint density at radius 2 is 0.746 bits per heavy atom. The molecule has 4 heterocycles. The summed E-state index contributed by atoms with van der Waals surface area (Å²) in [5.74, 6) is 0.703. The maximum Gasteiger partial charge on any atom is 0.160 e. The van der Waals surface area contributed by atoms with Crippen LogP contribution in [0.1, 0.15) is 0 Å². The van der Waals surface area contributed by atoms with Gasteiger partial charge in [-0.25, -0.2) is 9.97 Å². The van der Waals surface area contributed by atoms with Gasteiger partial charge in [0, 0.05) is 65.9 Å². The monoisotopic (exact) mass is 853 g/mol. The molecule has 0 fully saturated rings. The summed E-state index contributed by atoms with van der Waals surface area (Å²) in [7, 11) is 0. The van der Waals surface area contributed by atoms with Gasteiger partial charge in [0.25, 0.3) is 0 Å². The molecule has 0 unspecified atom stereocenters. The number of fused-ring (bicyclic) bond motifs is 11. The van der Waals surface area contributed by atoms with Crippen molar-refractivity contribution in [3.8, 4) is 50.8 Å². The van der Waals surface area contributed by atoms with Gasteiger partial charge in [-0.15, -0.1) is 0 Å². The van der Waals surface area contributed by atoms with Gasteiger partial charge in [-0.3, -0.25) is 0 Å². The van der Waals surface area contributed by atoms with Crippen molar-refractivity contribution in [3.63, 3.8) is 0 Å². The Hall–Kier alpha value is -9.06. The summed E-state index contributed by atoms with van der Waals surface area (Å²) in [6.07, 6.45) is 0. The molecule has 0 aliphatic heterocycles. The van der Waals surface area contributed by atoms with Crippen LogP contribution in [0.2, 0.25) is 0 Å². The largest absolute Gasteiger partial charge is 0.309 e. The highest BCUT2D eigenvalue weighted by Crippen LogP contribution is 2.44. The summed E-state index contributed by atoms with van der Waals surface area (Å²) in [4.78, 5) is 10.3. The van der Waals surface area contributed by atoms with E-state index in [0.717, 1.165) is 55.8 Å². The van der Waals surface area contributed by atoms with E-state index in [2.05, 4.69) is 238 Å². The van der Waals surface area contributed by atoms with Crippen LogP contribution in [0.25, 0.3) is 127 Å². The molecule has 14 aromatic rings. The average Bonchev–Trinajstić information content (AvgIpc) is 4.04. The quantitative estimate of drug-likeness (QED) is 0.167. The molecule has 4 aromatic heterocycles. The summed E-state index contributed by atoms with van der Waals surface area (Å²) < 4.78 is 7.26. The fourth-order valence-electron chi connectivity index (χ4n) is 10.7. The highest BCUT2D eigenvalue weighted by atomic mass is 15.0. The van der Waals surface area contributed by atoms with Crippen molar-refractivity contribution in [2.45, 2.75) is 0 Å². The maximum absolute atomic E-state index is 5.20. The lowest BCUT2D eigenvalue weighted by Crippen LogP contribution is -1.97. The van der Waals surface area contributed by atoms with Gasteiger partial charge in [0.15, 0.2) is 5.82 Å². The fourth-order valence-corrected chi connectivity index (χ4v) is 10.7. The van der Waals surface area contributed by atoms with E-state index >= 15 is 0 Å². The van der Waals surface area contributed by atoms with Crippen LogP contribution in [0.5, 0.6) is 0 Å². The Labute approximate surface area is 385 Å². The number of nitrogens with zero attached hydrogens (tertiary/aromatic N) is 5. The van der Waals surface area contributed by atoms with Crippen LogP contribution in [-0.4, -0.2) is 23.7 Å². The van der Waals surface area contributed by atoms with Crippen molar-refractivity contribution < 1.29 is 0 Å². The summed E-state index contributed by atoms with van der Waals surface area (Å²) in [6.45, 7) is 0. The van der Waals surface area contributed by atoms with Gasteiger partial charge in [-0.05, 0) is 108 Å². The zero-order valence-corrected chi connectivity index (χ0v) is 36.3. The Morgan fingerprint density at radius 3 is 1.45 bits per heavy atom. The van der Waals surface area contributed by atoms with Gasteiger partial charge < -0.3 is 13.7 Å². The summed E-state index contributed by atoms with van der Waals surface area (Å²) in [5, 5.41) is 8.38. The third-order valence-corrected chi connectivity index (χ3v) is 13.6. The van der Waals surface area contributed by atoms with E-state index in [4.69, 9.17) is 9.97 Å². The van der Waals surface area contributed by atoms with Crippen LogP contribution in [0.3, 0.4) is 0 Å². The lowest BCUT2D eigenvalue weighted by atomic mass is 10.00. The number of hydrogen-bond donors (Lipinski definition) is 0. The second-order valence-electron chi connectivity index (χ2n) is 17.4. The van der Waals surface area contributed by atoms with Gasteiger partial charge in [-0.2, -0.15) is 0 Å². The molecule has 14 rings (SSSR count). The number of aromatic nitrogens is 5. The smallest absolute Gasteiger partial charge is 0.160 e. The van der Waals surface area contributed by atoms with E-state index < -0.39 is 0 Å². The van der Waals surface area contributed by atoms with Crippen molar-refractivity contribution >= 4 is 76.3 Å². The number of rotatable bonds is 6. The topological polar surface area (TPSA) is 40.6 Å². The Bertz CT molecular complexity index is 4240.